The average molecular weight is 641 g/mol. The Morgan fingerprint density at radius 2 is 1.52 bits per heavy atom. The summed E-state index contributed by atoms with van der Waals surface area (Å²) in [4.78, 5) is 0. The van der Waals surface area contributed by atoms with Crippen molar-refractivity contribution in [2.24, 2.45) is 29.1 Å². The third kappa shape index (κ3) is 7.86. The van der Waals surface area contributed by atoms with Crippen LogP contribution >= 0.6 is 0 Å². The molecular weight excluding hydrogens is 573 g/mol. The largest absolute Gasteiger partial charge is 0.413 e. The van der Waals surface area contributed by atoms with Crippen LogP contribution in [0.3, 0.4) is 0 Å². The second-order valence-electron chi connectivity index (χ2n) is 18.4. The first-order chi connectivity index (χ1) is 20.2. The molecule has 0 saturated heterocycles. The van der Waals surface area contributed by atoms with Gasteiger partial charge in [0.1, 0.15) is 0 Å². The number of aliphatic hydroxyl groups excluding tert-OH is 1. The zero-order chi connectivity index (χ0) is 32.9. The van der Waals surface area contributed by atoms with Crippen LogP contribution in [0.1, 0.15) is 113 Å². The van der Waals surface area contributed by atoms with Gasteiger partial charge in [0.15, 0.2) is 16.6 Å². The van der Waals surface area contributed by atoms with Gasteiger partial charge in [-0.2, -0.15) is 0 Å². The third-order valence-electron chi connectivity index (χ3n) is 13.1. The number of aliphatic hydroxyl groups is 1. The first kappa shape index (κ1) is 36.1. The van der Waals surface area contributed by atoms with Crippen molar-refractivity contribution in [3.63, 3.8) is 0 Å². The van der Waals surface area contributed by atoms with Gasteiger partial charge in [0.25, 0.3) is 0 Å². The highest BCUT2D eigenvalue weighted by Crippen LogP contribution is 2.59. The predicted molar refractivity (Wildman–Crippen MR) is 194 cm³/mol. The van der Waals surface area contributed by atoms with Gasteiger partial charge in [-0.05, 0) is 128 Å². The van der Waals surface area contributed by atoms with E-state index in [1.54, 1.807) is 5.57 Å². The molecule has 0 aromatic heterocycles. The number of hydrogen-bond donors (Lipinski definition) is 1. The fourth-order valence-corrected chi connectivity index (χ4v) is 10.6. The lowest BCUT2D eigenvalue weighted by Gasteiger charge is -2.45. The molecule has 0 aromatic rings. The van der Waals surface area contributed by atoms with Crippen LogP contribution in [0.15, 0.2) is 47.6 Å². The van der Waals surface area contributed by atoms with Crippen LogP contribution in [-0.2, 0) is 8.85 Å². The van der Waals surface area contributed by atoms with E-state index in [1.165, 1.54) is 56.1 Å². The monoisotopic (exact) mass is 640 g/mol. The molecule has 44 heavy (non-hydrogen) atoms. The zero-order valence-electron chi connectivity index (χ0n) is 30.7. The molecule has 3 nitrogen and oxygen atoms in total. The normalized spacial score (nSPS) is 34.2. The van der Waals surface area contributed by atoms with Gasteiger partial charge in [0.05, 0.1) is 18.3 Å². The summed E-state index contributed by atoms with van der Waals surface area (Å²) < 4.78 is 14.2. The summed E-state index contributed by atoms with van der Waals surface area (Å²) in [6.07, 6.45) is 19.9. The van der Waals surface area contributed by atoms with Crippen LogP contribution in [0, 0.1) is 29.1 Å². The van der Waals surface area contributed by atoms with Crippen molar-refractivity contribution in [2.75, 3.05) is 0 Å². The fraction of sp³-hybridized carbons (Fsp3) is 0.795. The Labute approximate surface area is 274 Å². The van der Waals surface area contributed by atoms with Gasteiger partial charge in [-0.1, -0.05) is 91.8 Å². The second-order valence-corrected chi connectivity index (χ2v) is 27.9. The molecule has 4 rings (SSSR count). The Hall–Kier alpha value is -0.726. The van der Waals surface area contributed by atoms with Crippen molar-refractivity contribution in [3.05, 3.63) is 47.6 Å². The molecule has 1 N–H and O–H groups in total. The summed E-state index contributed by atoms with van der Waals surface area (Å²) in [6.45, 7) is 33.2. The number of fused-ring (bicyclic) bond motifs is 1. The van der Waals surface area contributed by atoms with Crippen molar-refractivity contribution < 1.29 is 14.0 Å². The molecule has 0 radical (unpaired) electrons. The summed E-state index contributed by atoms with van der Waals surface area (Å²) >= 11 is 0. The van der Waals surface area contributed by atoms with Crippen LogP contribution in [-0.4, -0.2) is 40.1 Å². The summed E-state index contributed by atoms with van der Waals surface area (Å²) in [5.74, 6) is 2.35. The Morgan fingerprint density at radius 1 is 0.909 bits per heavy atom. The molecule has 0 amide bonds. The molecule has 5 heteroatoms. The van der Waals surface area contributed by atoms with Crippen molar-refractivity contribution in [2.45, 2.75) is 168 Å². The molecule has 0 heterocycles. The number of rotatable bonds is 9. The lowest BCUT2D eigenvalue weighted by Crippen LogP contribution is -2.49. The van der Waals surface area contributed by atoms with Crippen LogP contribution in [0.25, 0.3) is 0 Å². The molecular formula is C39H68O3Si2. The SMILES string of the molecule is C=C1/C(=C/C=C2\CCCC3(C)[C@@H]([C@H](C)/C=C/[C@@H](O)C4CC4)CC[C@@H]23)C[C@@H](O[Si](C)(C)C(C)(C)C)CC1O[Si](C)(C)C(C)(C)C. The average Bonchev–Trinajstić information content (AvgIpc) is 3.68. The summed E-state index contributed by atoms with van der Waals surface area (Å²) in [5.41, 5.74) is 4.49. The van der Waals surface area contributed by atoms with Gasteiger partial charge in [0.2, 0.25) is 0 Å². The molecule has 2 unspecified atom stereocenters. The molecule has 0 aromatic carbocycles. The first-order valence-electron chi connectivity index (χ1n) is 18.0. The van der Waals surface area contributed by atoms with Crippen LogP contribution in [0.5, 0.6) is 0 Å². The molecule has 0 spiro atoms. The van der Waals surface area contributed by atoms with E-state index in [9.17, 15) is 5.11 Å². The van der Waals surface area contributed by atoms with Crippen molar-refractivity contribution >= 4 is 16.6 Å². The molecule has 7 atom stereocenters. The standard InChI is InChI=1S/C39H68O3Si2/c1-27(16-23-35(40)30-18-19-30)33-21-22-34-29(15-14-24-39(33,34)9)17-20-31-25-32(41-43(10,11)37(3,4)5)26-36(28(31)2)42-44(12,13)38(6,7)8/h16-17,20,23,27,30,32-36,40H,2,14-15,18-19,21-22,24-26H2,1,3-13H3/b23-16+,29-17+,31-20+/t27-,32-,33-,34+,35-,36?,39?/m1/s1. The lowest BCUT2D eigenvalue weighted by molar-refractivity contribution is 0.0969. The minimum atomic E-state index is -1.98. The van der Waals surface area contributed by atoms with Crippen LogP contribution in [0.2, 0.25) is 36.3 Å². The van der Waals surface area contributed by atoms with Gasteiger partial charge in [-0.25, -0.2) is 0 Å². The van der Waals surface area contributed by atoms with E-state index in [0.717, 1.165) is 12.8 Å². The third-order valence-corrected chi connectivity index (χ3v) is 22.1. The second kappa shape index (κ2) is 13.1. The molecule has 4 fully saturated rings. The van der Waals surface area contributed by atoms with Gasteiger partial charge in [-0.3, -0.25) is 0 Å². The maximum Gasteiger partial charge on any atom is 0.192 e. The van der Waals surface area contributed by atoms with Crippen LogP contribution < -0.4 is 0 Å². The zero-order valence-corrected chi connectivity index (χ0v) is 32.7. The summed E-state index contributed by atoms with van der Waals surface area (Å²) in [7, 11) is -3.90. The van der Waals surface area contributed by atoms with Gasteiger partial charge < -0.3 is 14.0 Å². The quantitative estimate of drug-likeness (QED) is 0.201. The highest BCUT2D eigenvalue weighted by Gasteiger charge is 2.50. The minimum absolute atomic E-state index is 0.0233. The van der Waals surface area contributed by atoms with E-state index in [1.807, 2.05) is 0 Å². The number of allylic oxidation sites excluding steroid dienone is 4. The van der Waals surface area contributed by atoms with E-state index in [0.29, 0.717) is 29.1 Å². The fourth-order valence-electron chi connectivity index (χ4n) is 7.93. The summed E-state index contributed by atoms with van der Waals surface area (Å²) in [6, 6.07) is 0. The smallest absolute Gasteiger partial charge is 0.192 e. The number of hydrogen-bond acceptors (Lipinski definition) is 3. The molecule has 250 valence electrons. The lowest BCUT2D eigenvalue weighted by atomic mass is 9.61. The van der Waals surface area contributed by atoms with E-state index < -0.39 is 16.6 Å². The first-order valence-corrected chi connectivity index (χ1v) is 23.8. The Kier molecular flexibility index (Phi) is 10.7. The topological polar surface area (TPSA) is 38.7 Å². The highest BCUT2D eigenvalue weighted by atomic mass is 28.4. The molecule has 4 aliphatic rings. The molecule has 4 saturated carbocycles. The summed E-state index contributed by atoms with van der Waals surface area (Å²) in [5, 5.41) is 10.8. The Bertz CT molecular complexity index is 1130. The van der Waals surface area contributed by atoms with E-state index in [4.69, 9.17) is 8.85 Å². The van der Waals surface area contributed by atoms with Gasteiger partial charge in [0, 0.05) is 6.42 Å². The van der Waals surface area contributed by atoms with Crippen molar-refractivity contribution in [3.8, 4) is 0 Å². The maximum atomic E-state index is 10.5. The molecule has 0 aliphatic heterocycles. The van der Waals surface area contributed by atoms with E-state index in [2.05, 4.69) is 112 Å². The molecule has 0 bridgehead atoms. The minimum Gasteiger partial charge on any atom is -0.413 e. The van der Waals surface area contributed by atoms with Crippen LogP contribution in [0.4, 0.5) is 0 Å². The van der Waals surface area contributed by atoms with Crippen molar-refractivity contribution in [1.82, 2.24) is 0 Å². The maximum absolute atomic E-state index is 10.5. The predicted octanol–water partition coefficient (Wildman–Crippen LogP) is 11.1. The Morgan fingerprint density at radius 3 is 2.11 bits per heavy atom. The Balaban J connectivity index is 1.57. The molecule has 4 aliphatic carbocycles. The van der Waals surface area contributed by atoms with Gasteiger partial charge in [-0.15, -0.1) is 0 Å². The van der Waals surface area contributed by atoms with E-state index >= 15 is 0 Å². The highest BCUT2D eigenvalue weighted by molar-refractivity contribution is 6.74. The van der Waals surface area contributed by atoms with E-state index in [-0.39, 0.29) is 28.4 Å². The van der Waals surface area contributed by atoms with Crippen molar-refractivity contribution in [1.29, 1.82) is 0 Å². The van der Waals surface area contributed by atoms with Gasteiger partial charge >= 0.3 is 0 Å².